The standard InChI is InChI=1S/C15H16N2O4/c18-10-12-5-3-11(4-6-12)8-16-14(19)9-17-15(20)13-2-1-7-21-13/h1-7,18H,8-10H2,(H,16,19)(H,17,20). The Morgan fingerprint density at radius 3 is 2.38 bits per heavy atom. The summed E-state index contributed by atoms with van der Waals surface area (Å²) in [7, 11) is 0. The second-order valence-corrected chi connectivity index (χ2v) is 4.41. The molecule has 2 amide bonds. The molecule has 0 spiro atoms. The molecule has 21 heavy (non-hydrogen) atoms. The number of nitrogens with one attached hydrogen (secondary N) is 2. The van der Waals surface area contributed by atoms with Crippen LogP contribution < -0.4 is 10.6 Å². The number of furan rings is 1. The first-order chi connectivity index (χ1) is 10.2. The van der Waals surface area contributed by atoms with Gasteiger partial charge >= 0.3 is 0 Å². The molecule has 2 aromatic rings. The van der Waals surface area contributed by atoms with E-state index in [-0.39, 0.29) is 24.8 Å². The van der Waals surface area contributed by atoms with Crippen LogP contribution in [0.5, 0.6) is 0 Å². The largest absolute Gasteiger partial charge is 0.459 e. The van der Waals surface area contributed by atoms with Gasteiger partial charge < -0.3 is 20.2 Å². The molecule has 0 atom stereocenters. The molecule has 0 bridgehead atoms. The maximum atomic E-state index is 11.6. The van der Waals surface area contributed by atoms with Crippen LogP contribution in [-0.2, 0) is 17.9 Å². The van der Waals surface area contributed by atoms with Gasteiger partial charge in [-0.2, -0.15) is 0 Å². The summed E-state index contributed by atoms with van der Waals surface area (Å²) in [5.74, 6) is -0.550. The quantitative estimate of drug-likeness (QED) is 0.734. The fourth-order valence-corrected chi connectivity index (χ4v) is 1.68. The van der Waals surface area contributed by atoms with Gasteiger partial charge in [0, 0.05) is 6.54 Å². The normalized spacial score (nSPS) is 10.1. The SMILES string of the molecule is O=C(CNC(=O)c1ccco1)NCc1ccc(CO)cc1. The van der Waals surface area contributed by atoms with Crippen molar-refractivity contribution in [2.24, 2.45) is 0 Å². The molecule has 1 aromatic heterocycles. The predicted molar refractivity (Wildman–Crippen MR) is 75.3 cm³/mol. The van der Waals surface area contributed by atoms with Crippen LogP contribution in [-0.4, -0.2) is 23.5 Å². The summed E-state index contributed by atoms with van der Waals surface area (Å²) in [6.45, 7) is 0.237. The zero-order valence-corrected chi connectivity index (χ0v) is 11.3. The van der Waals surface area contributed by atoms with E-state index in [9.17, 15) is 9.59 Å². The number of aliphatic hydroxyl groups excluding tert-OH is 1. The van der Waals surface area contributed by atoms with Crippen LogP contribution in [0.2, 0.25) is 0 Å². The maximum Gasteiger partial charge on any atom is 0.287 e. The summed E-state index contributed by atoms with van der Waals surface area (Å²) in [5, 5.41) is 14.1. The number of amides is 2. The van der Waals surface area contributed by atoms with Gasteiger partial charge in [0.15, 0.2) is 5.76 Å². The van der Waals surface area contributed by atoms with Gasteiger partial charge in [0.2, 0.25) is 5.91 Å². The second kappa shape index (κ2) is 7.25. The lowest BCUT2D eigenvalue weighted by molar-refractivity contribution is -0.120. The van der Waals surface area contributed by atoms with Crippen molar-refractivity contribution in [3.8, 4) is 0 Å². The van der Waals surface area contributed by atoms with Crippen molar-refractivity contribution in [1.82, 2.24) is 10.6 Å². The molecule has 110 valence electrons. The van der Waals surface area contributed by atoms with Crippen LogP contribution in [0.15, 0.2) is 47.1 Å². The highest BCUT2D eigenvalue weighted by Crippen LogP contribution is 2.03. The molecule has 6 heteroatoms. The van der Waals surface area contributed by atoms with E-state index < -0.39 is 5.91 Å². The van der Waals surface area contributed by atoms with E-state index in [2.05, 4.69) is 10.6 Å². The van der Waals surface area contributed by atoms with Crippen molar-refractivity contribution < 1.29 is 19.1 Å². The Morgan fingerprint density at radius 1 is 1.05 bits per heavy atom. The highest BCUT2D eigenvalue weighted by Gasteiger charge is 2.09. The first-order valence-electron chi connectivity index (χ1n) is 6.46. The Hall–Kier alpha value is -2.60. The lowest BCUT2D eigenvalue weighted by Gasteiger charge is -2.06. The number of aliphatic hydroxyl groups is 1. The molecule has 1 aromatic carbocycles. The van der Waals surface area contributed by atoms with Gasteiger partial charge in [0.05, 0.1) is 19.4 Å². The number of rotatable bonds is 6. The summed E-state index contributed by atoms with van der Waals surface area (Å²) < 4.78 is 4.91. The molecule has 6 nitrogen and oxygen atoms in total. The Labute approximate surface area is 121 Å². The van der Waals surface area contributed by atoms with Gasteiger partial charge in [-0.15, -0.1) is 0 Å². The fraction of sp³-hybridized carbons (Fsp3) is 0.200. The topological polar surface area (TPSA) is 91.6 Å². The van der Waals surface area contributed by atoms with E-state index >= 15 is 0 Å². The van der Waals surface area contributed by atoms with Crippen LogP contribution in [0.1, 0.15) is 21.7 Å². The van der Waals surface area contributed by atoms with E-state index in [0.29, 0.717) is 6.54 Å². The maximum absolute atomic E-state index is 11.6. The van der Waals surface area contributed by atoms with Crippen molar-refractivity contribution >= 4 is 11.8 Å². The number of benzene rings is 1. The average Bonchev–Trinajstić information content (AvgIpc) is 3.05. The summed E-state index contributed by atoms with van der Waals surface area (Å²) in [5.41, 5.74) is 1.73. The molecule has 0 aliphatic carbocycles. The number of carbonyl (C=O) groups excluding carboxylic acids is 2. The highest BCUT2D eigenvalue weighted by atomic mass is 16.3. The Balaban J connectivity index is 1.73. The Morgan fingerprint density at radius 2 is 1.76 bits per heavy atom. The number of carbonyl (C=O) groups is 2. The summed E-state index contributed by atoms with van der Waals surface area (Å²) in [6, 6.07) is 10.4. The van der Waals surface area contributed by atoms with E-state index in [4.69, 9.17) is 9.52 Å². The molecule has 0 aliphatic rings. The summed E-state index contributed by atoms with van der Waals surface area (Å²) in [6.07, 6.45) is 1.39. The van der Waals surface area contributed by atoms with Crippen LogP contribution >= 0.6 is 0 Å². The molecule has 0 saturated heterocycles. The minimum Gasteiger partial charge on any atom is -0.459 e. The van der Waals surface area contributed by atoms with Gasteiger partial charge in [0.25, 0.3) is 5.91 Å². The third kappa shape index (κ3) is 4.47. The van der Waals surface area contributed by atoms with Crippen LogP contribution in [0, 0.1) is 0 Å². The molecular formula is C15H16N2O4. The van der Waals surface area contributed by atoms with E-state index in [1.807, 2.05) is 12.1 Å². The zero-order valence-electron chi connectivity index (χ0n) is 11.3. The Bertz CT molecular complexity index is 591. The number of hydrogen-bond acceptors (Lipinski definition) is 4. The summed E-state index contributed by atoms with van der Waals surface area (Å²) in [4.78, 5) is 23.2. The molecule has 0 fully saturated rings. The molecule has 3 N–H and O–H groups in total. The van der Waals surface area contributed by atoms with E-state index in [1.54, 1.807) is 18.2 Å². The minimum atomic E-state index is -0.428. The van der Waals surface area contributed by atoms with E-state index in [0.717, 1.165) is 11.1 Å². The van der Waals surface area contributed by atoms with Crippen LogP contribution in [0.4, 0.5) is 0 Å². The van der Waals surface area contributed by atoms with Gasteiger partial charge in [-0.3, -0.25) is 9.59 Å². The lowest BCUT2D eigenvalue weighted by atomic mass is 10.1. The van der Waals surface area contributed by atoms with E-state index in [1.165, 1.54) is 12.3 Å². The van der Waals surface area contributed by atoms with Crippen molar-refractivity contribution in [2.75, 3.05) is 6.54 Å². The van der Waals surface area contributed by atoms with Crippen molar-refractivity contribution in [1.29, 1.82) is 0 Å². The Kier molecular flexibility index (Phi) is 5.11. The molecule has 0 saturated carbocycles. The smallest absolute Gasteiger partial charge is 0.287 e. The van der Waals surface area contributed by atoms with Crippen molar-refractivity contribution in [2.45, 2.75) is 13.2 Å². The van der Waals surface area contributed by atoms with Gasteiger partial charge in [0.1, 0.15) is 0 Å². The molecule has 0 unspecified atom stereocenters. The zero-order chi connectivity index (χ0) is 15.1. The van der Waals surface area contributed by atoms with Gasteiger partial charge in [-0.1, -0.05) is 24.3 Å². The summed E-state index contributed by atoms with van der Waals surface area (Å²) >= 11 is 0. The third-order valence-corrected chi connectivity index (χ3v) is 2.85. The predicted octanol–water partition coefficient (Wildman–Crippen LogP) is 0.818. The highest BCUT2D eigenvalue weighted by molar-refractivity contribution is 5.94. The van der Waals surface area contributed by atoms with Crippen LogP contribution in [0.25, 0.3) is 0 Å². The first kappa shape index (κ1) is 14.8. The average molecular weight is 288 g/mol. The van der Waals surface area contributed by atoms with Crippen molar-refractivity contribution in [3.05, 3.63) is 59.5 Å². The first-order valence-corrected chi connectivity index (χ1v) is 6.46. The minimum absolute atomic E-state index is 0.00848. The molecular weight excluding hydrogens is 272 g/mol. The lowest BCUT2D eigenvalue weighted by Crippen LogP contribution is -2.36. The van der Waals surface area contributed by atoms with Gasteiger partial charge in [-0.25, -0.2) is 0 Å². The molecule has 2 rings (SSSR count). The second-order valence-electron chi connectivity index (χ2n) is 4.41. The van der Waals surface area contributed by atoms with Crippen molar-refractivity contribution in [3.63, 3.8) is 0 Å². The van der Waals surface area contributed by atoms with Gasteiger partial charge in [-0.05, 0) is 23.3 Å². The molecule has 0 aliphatic heterocycles. The number of hydrogen-bond donors (Lipinski definition) is 3. The molecule has 1 heterocycles. The third-order valence-electron chi connectivity index (χ3n) is 2.85. The molecule has 0 radical (unpaired) electrons. The van der Waals surface area contributed by atoms with Crippen LogP contribution in [0.3, 0.4) is 0 Å². The fourth-order valence-electron chi connectivity index (χ4n) is 1.68. The monoisotopic (exact) mass is 288 g/mol.